The summed E-state index contributed by atoms with van der Waals surface area (Å²) in [7, 11) is -3.65. The lowest BCUT2D eigenvalue weighted by molar-refractivity contribution is -0.119. The van der Waals surface area contributed by atoms with Gasteiger partial charge < -0.3 is 10.1 Å². The van der Waals surface area contributed by atoms with Crippen LogP contribution in [-0.4, -0.2) is 44.3 Å². The molecule has 0 saturated carbocycles. The molecule has 0 fully saturated rings. The molecule has 0 unspecified atom stereocenters. The van der Waals surface area contributed by atoms with Gasteiger partial charge in [-0.15, -0.1) is 0 Å². The number of nitrogens with one attached hydrogen (secondary N) is 1. The predicted octanol–water partition coefficient (Wildman–Crippen LogP) is 2.38. The highest BCUT2D eigenvalue weighted by Gasteiger charge is 2.22. The standard InChI is InChI=1S/C20H21N3O5S/c1-3-23(4-2)29(26,27)18-7-5-6-17(12-18)22-19(24)14-28-20(25)16-10-8-15(13-21)9-11-16/h5-12H,3-4,14H2,1-2H3,(H,22,24). The maximum Gasteiger partial charge on any atom is 0.338 e. The molecule has 1 amide bonds. The van der Waals surface area contributed by atoms with Crippen molar-refractivity contribution in [2.24, 2.45) is 0 Å². The largest absolute Gasteiger partial charge is 0.452 e. The summed E-state index contributed by atoms with van der Waals surface area (Å²) in [5.41, 5.74) is 0.889. The van der Waals surface area contributed by atoms with Gasteiger partial charge in [0.2, 0.25) is 10.0 Å². The fourth-order valence-electron chi connectivity index (χ4n) is 2.54. The average molecular weight is 415 g/mol. The number of sulfonamides is 1. The van der Waals surface area contributed by atoms with E-state index >= 15 is 0 Å². The number of anilines is 1. The maximum atomic E-state index is 12.6. The highest BCUT2D eigenvalue weighted by molar-refractivity contribution is 7.89. The van der Waals surface area contributed by atoms with Gasteiger partial charge in [-0.1, -0.05) is 19.9 Å². The third-order valence-electron chi connectivity index (χ3n) is 4.05. The van der Waals surface area contributed by atoms with Crippen LogP contribution >= 0.6 is 0 Å². The van der Waals surface area contributed by atoms with Crippen LogP contribution in [0.1, 0.15) is 29.8 Å². The Labute approximate surface area is 169 Å². The molecule has 2 aromatic carbocycles. The molecule has 0 aliphatic rings. The number of nitrogens with zero attached hydrogens (tertiary/aromatic N) is 2. The molecule has 0 atom stereocenters. The Kier molecular flexibility index (Phi) is 7.47. The molecule has 8 nitrogen and oxygen atoms in total. The van der Waals surface area contributed by atoms with Gasteiger partial charge in [-0.05, 0) is 42.5 Å². The van der Waals surface area contributed by atoms with Crippen molar-refractivity contribution in [3.8, 4) is 6.07 Å². The van der Waals surface area contributed by atoms with Crippen molar-refractivity contribution in [3.63, 3.8) is 0 Å². The monoisotopic (exact) mass is 415 g/mol. The van der Waals surface area contributed by atoms with E-state index in [-0.39, 0.29) is 16.1 Å². The number of carbonyl (C=O) groups excluding carboxylic acids is 2. The van der Waals surface area contributed by atoms with Crippen LogP contribution in [0.4, 0.5) is 5.69 Å². The van der Waals surface area contributed by atoms with Crippen molar-refractivity contribution >= 4 is 27.6 Å². The molecule has 29 heavy (non-hydrogen) atoms. The first-order valence-electron chi connectivity index (χ1n) is 8.89. The topological polar surface area (TPSA) is 117 Å². The second-order valence-corrected chi connectivity index (χ2v) is 7.87. The first-order chi connectivity index (χ1) is 13.8. The van der Waals surface area contributed by atoms with E-state index in [0.29, 0.717) is 18.7 Å². The van der Waals surface area contributed by atoms with Crippen LogP contribution in [-0.2, 0) is 19.6 Å². The first-order valence-corrected chi connectivity index (χ1v) is 10.3. The smallest absolute Gasteiger partial charge is 0.338 e. The quantitative estimate of drug-likeness (QED) is 0.662. The summed E-state index contributed by atoms with van der Waals surface area (Å²) in [5, 5.41) is 11.3. The fraction of sp³-hybridized carbons (Fsp3) is 0.250. The van der Waals surface area contributed by atoms with E-state index < -0.39 is 28.5 Å². The molecule has 0 aliphatic heterocycles. The SMILES string of the molecule is CCN(CC)S(=O)(=O)c1cccc(NC(=O)COC(=O)c2ccc(C#N)cc2)c1. The van der Waals surface area contributed by atoms with Gasteiger partial charge in [0.25, 0.3) is 5.91 Å². The van der Waals surface area contributed by atoms with E-state index in [1.54, 1.807) is 19.9 Å². The summed E-state index contributed by atoms with van der Waals surface area (Å²) in [4.78, 5) is 24.1. The average Bonchev–Trinajstić information content (AvgIpc) is 2.73. The van der Waals surface area contributed by atoms with Crippen LogP contribution in [0, 0.1) is 11.3 Å². The van der Waals surface area contributed by atoms with E-state index in [1.165, 1.54) is 46.8 Å². The molecule has 1 N–H and O–H groups in total. The third kappa shape index (κ3) is 5.63. The minimum absolute atomic E-state index is 0.0635. The van der Waals surface area contributed by atoms with Gasteiger partial charge in [0, 0.05) is 18.8 Å². The van der Waals surface area contributed by atoms with Crippen molar-refractivity contribution in [1.82, 2.24) is 4.31 Å². The van der Waals surface area contributed by atoms with Gasteiger partial charge in [-0.3, -0.25) is 4.79 Å². The Balaban J connectivity index is 2.00. The molecule has 0 heterocycles. The van der Waals surface area contributed by atoms with Crippen molar-refractivity contribution < 1.29 is 22.7 Å². The van der Waals surface area contributed by atoms with Crippen molar-refractivity contribution in [3.05, 3.63) is 59.7 Å². The summed E-state index contributed by atoms with van der Waals surface area (Å²) in [6.07, 6.45) is 0. The number of rotatable bonds is 8. The number of carbonyl (C=O) groups is 2. The Morgan fingerprint density at radius 3 is 2.34 bits per heavy atom. The van der Waals surface area contributed by atoms with Gasteiger partial charge in [-0.2, -0.15) is 9.57 Å². The van der Waals surface area contributed by atoms with E-state index in [0.717, 1.165) is 0 Å². The minimum atomic E-state index is -3.65. The molecule has 9 heteroatoms. The molecule has 152 valence electrons. The highest BCUT2D eigenvalue weighted by atomic mass is 32.2. The molecule has 0 aromatic heterocycles. The van der Waals surface area contributed by atoms with Gasteiger partial charge in [0.1, 0.15) is 0 Å². The van der Waals surface area contributed by atoms with Crippen LogP contribution in [0.2, 0.25) is 0 Å². The number of hydrogen-bond donors (Lipinski definition) is 1. The summed E-state index contributed by atoms with van der Waals surface area (Å²) >= 11 is 0. The number of nitriles is 1. The molecule has 2 rings (SSSR count). The second-order valence-electron chi connectivity index (χ2n) is 5.93. The number of esters is 1. The maximum absolute atomic E-state index is 12.6. The molecule has 0 aliphatic carbocycles. The highest BCUT2D eigenvalue weighted by Crippen LogP contribution is 2.19. The lowest BCUT2D eigenvalue weighted by Gasteiger charge is -2.18. The van der Waals surface area contributed by atoms with Gasteiger partial charge >= 0.3 is 5.97 Å². The molecule has 0 spiro atoms. The lowest BCUT2D eigenvalue weighted by Crippen LogP contribution is -2.30. The lowest BCUT2D eigenvalue weighted by atomic mass is 10.1. The number of amides is 1. The van der Waals surface area contributed by atoms with Gasteiger partial charge in [-0.25, -0.2) is 13.2 Å². The molecular weight excluding hydrogens is 394 g/mol. The van der Waals surface area contributed by atoms with Crippen molar-refractivity contribution in [2.75, 3.05) is 25.0 Å². The minimum Gasteiger partial charge on any atom is -0.452 e. The van der Waals surface area contributed by atoms with Gasteiger partial charge in [0.05, 0.1) is 22.1 Å². The van der Waals surface area contributed by atoms with Crippen LogP contribution in [0.5, 0.6) is 0 Å². The van der Waals surface area contributed by atoms with E-state index in [2.05, 4.69) is 5.32 Å². The zero-order valence-corrected chi connectivity index (χ0v) is 16.9. The van der Waals surface area contributed by atoms with E-state index in [4.69, 9.17) is 10.00 Å². The summed E-state index contributed by atoms with van der Waals surface area (Å²) in [6, 6.07) is 13.6. The fourth-order valence-corrected chi connectivity index (χ4v) is 4.04. The van der Waals surface area contributed by atoms with Crippen molar-refractivity contribution in [1.29, 1.82) is 5.26 Å². The van der Waals surface area contributed by atoms with Crippen LogP contribution in [0.3, 0.4) is 0 Å². The van der Waals surface area contributed by atoms with Crippen LogP contribution in [0.25, 0.3) is 0 Å². The summed E-state index contributed by atoms with van der Waals surface area (Å²) in [6.45, 7) is 3.62. The van der Waals surface area contributed by atoms with Crippen LogP contribution < -0.4 is 5.32 Å². The molecule has 0 saturated heterocycles. The predicted molar refractivity (Wildman–Crippen MR) is 107 cm³/mol. The number of benzene rings is 2. The Hall–Kier alpha value is -3.22. The molecule has 2 aromatic rings. The molecular formula is C20H21N3O5S. The van der Waals surface area contributed by atoms with Crippen molar-refractivity contribution in [2.45, 2.75) is 18.7 Å². The Morgan fingerprint density at radius 2 is 1.76 bits per heavy atom. The normalized spacial score (nSPS) is 11.0. The zero-order chi connectivity index (χ0) is 21.4. The Morgan fingerprint density at radius 1 is 1.10 bits per heavy atom. The summed E-state index contributed by atoms with van der Waals surface area (Å²) < 4.78 is 31.4. The first kappa shape index (κ1) is 22.1. The molecule has 0 radical (unpaired) electrons. The Bertz CT molecular complexity index is 1020. The zero-order valence-electron chi connectivity index (χ0n) is 16.1. The molecule has 0 bridgehead atoms. The van der Waals surface area contributed by atoms with Gasteiger partial charge in [0.15, 0.2) is 6.61 Å². The van der Waals surface area contributed by atoms with E-state index in [1.807, 2.05) is 6.07 Å². The number of ether oxygens (including phenoxy) is 1. The second kappa shape index (κ2) is 9.82. The van der Waals surface area contributed by atoms with E-state index in [9.17, 15) is 18.0 Å². The summed E-state index contributed by atoms with van der Waals surface area (Å²) in [5.74, 6) is -1.31. The van der Waals surface area contributed by atoms with Crippen LogP contribution in [0.15, 0.2) is 53.4 Å². The third-order valence-corrected chi connectivity index (χ3v) is 6.09. The number of hydrogen-bond acceptors (Lipinski definition) is 6.